The number of halogens is 1. The molecule has 2 aliphatic rings. The Balaban J connectivity index is 1.32. The van der Waals surface area contributed by atoms with Crippen molar-refractivity contribution in [1.82, 2.24) is 4.90 Å². The lowest BCUT2D eigenvalue weighted by Crippen LogP contribution is -2.49. The maximum Gasteiger partial charge on any atom is 0.259 e. The number of aliphatic hydroxyl groups is 1. The van der Waals surface area contributed by atoms with Gasteiger partial charge in [0.25, 0.3) is 11.3 Å². The number of nitrogens with zero attached hydrogens (tertiary/aromatic N) is 2. The Hall–Kier alpha value is -2.40. The Labute approximate surface area is 195 Å². The van der Waals surface area contributed by atoms with E-state index in [1.54, 1.807) is 24.3 Å². The lowest BCUT2D eigenvalue weighted by Gasteiger charge is -2.36. The molecule has 1 fully saturated rings. The van der Waals surface area contributed by atoms with E-state index in [1.165, 1.54) is 12.1 Å². The molecule has 4 rings (SSSR count). The van der Waals surface area contributed by atoms with Crippen molar-refractivity contribution >= 4 is 22.6 Å². The van der Waals surface area contributed by atoms with Gasteiger partial charge in [0, 0.05) is 56.5 Å². The van der Waals surface area contributed by atoms with Crippen molar-refractivity contribution in [2.24, 2.45) is 0 Å². The quantitative estimate of drug-likeness (QED) is 0.501. The fourth-order valence-electron chi connectivity index (χ4n) is 4.32. The molecule has 0 radical (unpaired) electrons. The van der Waals surface area contributed by atoms with Crippen LogP contribution in [0.25, 0.3) is 0 Å². The van der Waals surface area contributed by atoms with Gasteiger partial charge in [-0.2, -0.15) is 0 Å². The lowest BCUT2D eigenvalue weighted by molar-refractivity contribution is 0.0632. The van der Waals surface area contributed by atoms with Gasteiger partial charge in [0.05, 0.1) is 5.69 Å². The number of rotatable bonds is 8. The molecule has 2 atom stereocenters. The Bertz CT molecular complexity index is 996. The molecule has 180 valence electrons. The van der Waals surface area contributed by atoms with Crippen LogP contribution in [0.2, 0.25) is 0 Å². The molecule has 33 heavy (non-hydrogen) atoms. The predicted octanol–water partition coefficient (Wildman–Crippen LogP) is 2.65. The first-order valence-corrected chi connectivity index (χ1v) is 12.1. The van der Waals surface area contributed by atoms with Gasteiger partial charge in [0.15, 0.2) is 11.5 Å². The summed E-state index contributed by atoms with van der Waals surface area (Å²) in [5.74, 6) is 0.798. The summed E-state index contributed by atoms with van der Waals surface area (Å²) >= 11 is -2.20. The summed E-state index contributed by atoms with van der Waals surface area (Å²) < 4.78 is 47.9. The van der Waals surface area contributed by atoms with Gasteiger partial charge in [-0.3, -0.25) is 14.2 Å². The van der Waals surface area contributed by atoms with Gasteiger partial charge in [-0.1, -0.05) is 0 Å². The lowest BCUT2D eigenvalue weighted by atomic mass is 10.0. The minimum absolute atomic E-state index is 0.0695. The van der Waals surface area contributed by atoms with Crippen LogP contribution >= 0.6 is 0 Å². The van der Waals surface area contributed by atoms with E-state index < -0.39 is 23.0 Å². The molecule has 2 aliphatic heterocycles. The highest BCUT2D eigenvalue weighted by molar-refractivity contribution is 7.80. The zero-order chi connectivity index (χ0) is 23.6. The van der Waals surface area contributed by atoms with E-state index in [4.69, 9.17) is 9.47 Å². The number of benzene rings is 2. The second kappa shape index (κ2) is 9.84. The minimum atomic E-state index is -2.20. The van der Waals surface area contributed by atoms with E-state index in [0.717, 1.165) is 37.4 Å². The van der Waals surface area contributed by atoms with E-state index in [9.17, 15) is 18.3 Å². The second-order valence-electron chi connectivity index (χ2n) is 9.08. The van der Waals surface area contributed by atoms with Crippen LogP contribution in [0.3, 0.4) is 0 Å². The number of β-amino-alcohol motifs (C(OH)–C–C–N with tert-alkyl or cyclic N) is 1. The number of piperazine rings is 1. The van der Waals surface area contributed by atoms with Gasteiger partial charge in [-0.15, -0.1) is 0 Å². The first-order valence-electron chi connectivity index (χ1n) is 11.0. The topological polar surface area (TPSA) is 94.5 Å². The van der Waals surface area contributed by atoms with Crippen LogP contribution in [0.15, 0.2) is 36.4 Å². The third-order valence-electron chi connectivity index (χ3n) is 5.80. The molecule has 0 aromatic heterocycles. The molecular weight excluding hydrogens is 449 g/mol. The molecule has 0 amide bonds. The van der Waals surface area contributed by atoms with Gasteiger partial charge >= 0.3 is 0 Å². The van der Waals surface area contributed by atoms with Crippen molar-refractivity contribution in [3.63, 3.8) is 0 Å². The smallest absolute Gasteiger partial charge is 0.259 e. The Kier molecular flexibility index (Phi) is 7.08. The van der Waals surface area contributed by atoms with Crippen LogP contribution in [0, 0.1) is 5.82 Å². The number of anilines is 2. The molecule has 1 saturated heterocycles. The van der Waals surface area contributed by atoms with Crippen LogP contribution in [0.4, 0.5) is 15.8 Å². The third kappa shape index (κ3) is 6.14. The standard InChI is InChI=1S/C23H30FN3O5S/c1-23(2)13-16-11-18(25-33(29)30)12-21(22(16)32-23)31-15-20(28)14-26-7-9-27(10-8-26)19-5-3-17(24)4-6-19/h3-6,11-12,20,25,28H,7-10,13-15H2,1-2H3,(H,29,30). The van der Waals surface area contributed by atoms with Crippen LogP contribution in [0.1, 0.15) is 19.4 Å². The maximum atomic E-state index is 13.1. The van der Waals surface area contributed by atoms with Crippen LogP contribution in [-0.2, 0) is 17.7 Å². The average molecular weight is 480 g/mol. The molecule has 10 heteroatoms. The van der Waals surface area contributed by atoms with Crippen LogP contribution in [0.5, 0.6) is 11.5 Å². The molecule has 2 aromatic carbocycles. The summed E-state index contributed by atoms with van der Waals surface area (Å²) in [5, 5.41) is 10.6. The minimum Gasteiger partial charge on any atom is -0.487 e. The summed E-state index contributed by atoms with van der Waals surface area (Å²) in [6.45, 7) is 7.61. The van der Waals surface area contributed by atoms with Gasteiger partial charge in [-0.05, 0) is 44.2 Å². The monoisotopic (exact) mass is 479 g/mol. The summed E-state index contributed by atoms with van der Waals surface area (Å²) in [4.78, 5) is 4.37. The van der Waals surface area contributed by atoms with E-state index in [0.29, 0.717) is 30.2 Å². The van der Waals surface area contributed by atoms with Crippen molar-refractivity contribution < 1.29 is 27.7 Å². The van der Waals surface area contributed by atoms with Crippen molar-refractivity contribution in [2.45, 2.75) is 32.0 Å². The normalized spacial score (nSPS) is 19.5. The molecule has 2 unspecified atom stereocenters. The van der Waals surface area contributed by atoms with Gasteiger partial charge in [0.1, 0.15) is 24.1 Å². The van der Waals surface area contributed by atoms with Gasteiger partial charge < -0.3 is 19.5 Å². The van der Waals surface area contributed by atoms with Crippen LogP contribution < -0.4 is 19.1 Å². The van der Waals surface area contributed by atoms with Crippen molar-refractivity contribution in [3.8, 4) is 11.5 Å². The number of hydrogen-bond donors (Lipinski definition) is 3. The zero-order valence-electron chi connectivity index (χ0n) is 18.8. The molecule has 0 spiro atoms. The second-order valence-corrected chi connectivity index (χ2v) is 9.78. The summed E-state index contributed by atoms with van der Waals surface area (Å²) in [7, 11) is 0. The fourth-order valence-corrected chi connectivity index (χ4v) is 4.64. The van der Waals surface area contributed by atoms with Crippen molar-refractivity contribution in [1.29, 1.82) is 0 Å². The SMILES string of the molecule is CC1(C)Cc2cc(NS(=O)O)cc(OCC(O)CN3CCN(c4ccc(F)cc4)CC3)c2O1. The van der Waals surface area contributed by atoms with Crippen molar-refractivity contribution in [3.05, 3.63) is 47.8 Å². The first-order chi connectivity index (χ1) is 15.7. The zero-order valence-corrected chi connectivity index (χ0v) is 19.6. The molecule has 0 bridgehead atoms. The number of nitrogens with one attached hydrogen (secondary N) is 1. The van der Waals surface area contributed by atoms with E-state index in [1.807, 2.05) is 13.8 Å². The molecular formula is C23H30FN3O5S. The summed E-state index contributed by atoms with van der Waals surface area (Å²) in [5.41, 5.74) is 1.93. The number of aliphatic hydroxyl groups excluding tert-OH is 1. The highest BCUT2D eigenvalue weighted by Crippen LogP contribution is 2.44. The summed E-state index contributed by atoms with van der Waals surface area (Å²) in [6.07, 6.45) is -0.0660. The molecule has 2 heterocycles. The first kappa shape index (κ1) is 23.7. The third-order valence-corrected chi connectivity index (χ3v) is 6.21. The van der Waals surface area contributed by atoms with Crippen LogP contribution in [-0.4, -0.2) is 69.8 Å². The predicted molar refractivity (Wildman–Crippen MR) is 126 cm³/mol. The molecule has 3 N–H and O–H groups in total. The molecule has 0 aliphatic carbocycles. The Morgan fingerprint density at radius 3 is 2.58 bits per heavy atom. The fraction of sp³-hybridized carbons (Fsp3) is 0.478. The number of hydrogen-bond acceptors (Lipinski definition) is 6. The van der Waals surface area contributed by atoms with Gasteiger partial charge in [-0.25, -0.2) is 8.60 Å². The number of ether oxygens (including phenoxy) is 2. The van der Waals surface area contributed by atoms with E-state index in [2.05, 4.69) is 14.5 Å². The molecule has 0 saturated carbocycles. The largest absolute Gasteiger partial charge is 0.487 e. The van der Waals surface area contributed by atoms with Gasteiger partial charge in [0.2, 0.25) is 0 Å². The Morgan fingerprint density at radius 1 is 1.21 bits per heavy atom. The maximum absolute atomic E-state index is 13.1. The number of fused-ring (bicyclic) bond motifs is 1. The molecule has 8 nitrogen and oxygen atoms in total. The van der Waals surface area contributed by atoms with E-state index in [-0.39, 0.29) is 12.4 Å². The molecule has 2 aromatic rings. The highest BCUT2D eigenvalue weighted by Gasteiger charge is 2.33. The van der Waals surface area contributed by atoms with Crippen molar-refractivity contribution in [2.75, 3.05) is 49.0 Å². The Morgan fingerprint density at radius 2 is 1.91 bits per heavy atom. The average Bonchev–Trinajstić information content (AvgIpc) is 3.06. The highest BCUT2D eigenvalue weighted by atomic mass is 32.2. The van der Waals surface area contributed by atoms with E-state index >= 15 is 0 Å². The summed E-state index contributed by atoms with van der Waals surface area (Å²) in [6, 6.07) is 9.89.